The molecule has 7 heteroatoms. The maximum absolute atomic E-state index is 12.0. The SMILES string of the molecule is CC(Sc1nc(CC(=O)O)cs1)C(=O)NC1CCCC1. The summed E-state index contributed by atoms with van der Waals surface area (Å²) in [4.78, 5) is 26.9. The van der Waals surface area contributed by atoms with Crippen molar-refractivity contribution in [3.8, 4) is 0 Å². The second-order valence-electron chi connectivity index (χ2n) is 4.93. The minimum absolute atomic E-state index is 0.0388. The molecule has 20 heavy (non-hydrogen) atoms. The average Bonchev–Trinajstić information content (AvgIpc) is 3.00. The fourth-order valence-corrected chi connectivity index (χ4v) is 4.16. The first-order chi connectivity index (χ1) is 9.54. The van der Waals surface area contributed by atoms with Gasteiger partial charge in [-0.15, -0.1) is 11.3 Å². The van der Waals surface area contributed by atoms with E-state index in [9.17, 15) is 9.59 Å². The van der Waals surface area contributed by atoms with Crippen LogP contribution in [0.25, 0.3) is 0 Å². The summed E-state index contributed by atoms with van der Waals surface area (Å²) in [5.41, 5.74) is 0.549. The molecular weight excluding hydrogens is 296 g/mol. The lowest BCUT2D eigenvalue weighted by atomic mass is 10.2. The average molecular weight is 314 g/mol. The number of carbonyl (C=O) groups is 2. The van der Waals surface area contributed by atoms with Gasteiger partial charge in [-0.2, -0.15) is 0 Å². The van der Waals surface area contributed by atoms with Crippen molar-refractivity contribution in [2.75, 3.05) is 0 Å². The number of nitrogens with zero attached hydrogens (tertiary/aromatic N) is 1. The highest BCUT2D eigenvalue weighted by Crippen LogP contribution is 2.27. The third kappa shape index (κ3) is 4.49. The smallest absolute Gasteiger partial charge is 0.309 e. The Hall–Kier alpha value is -1.08. The van der Waals surface area contributed by atoms with Crippen molar-refractivity contribution in [3.05, 3.63) is 11.1 Å². The normalized spacial score (nSPS) is 17.1. The molecule has 1 fully saturated rings. The van der Waals surface area contributed by atoms with Crippen LogP contribution in [0.2, 0.25) is 0 Å². The Labute approximate surface area is 126 Å². The van der Waals surface area contributed by atoms with Crippen LogP contribution in [0.4, 0.5) is 0 Å². The second kappa shape index (κ2) is 7.08. The molecule has 0 aliphatic heterocycles. The van der Waals surface area contributed by atoms with Crippen molar-refractivity contribution in [1.29, 1.82) is 0 Å². The molecule has 0 radical (unpaired) electrons. The van der Waals surface area contributed by atoms with Gasteiger partial charge >= 0.3 is 5.97 Å². The van der Waals surface area contributed by atoms with E-state index >= 15 is 0 Å². The van der Waals surface area contributed by atoms with Crippen LogP contribution in [0.5, 0.6) is 0 Å². The third-order valence-corrected chi connectivity index (χ3v) is 5.33. The third-order valence-electron chi connectivity index (χ3n) is 3.21. The first kappa shape index (κ1) is 15.3. The van der Waals surface area contributed by atoms with Crippen molar-refractivity contribution >= 4 is 35.0 Å². The Morgan fingerprint density at radius 1 is 1.55 bits per heavy atom. The van der Waals surface area contributed by atoms with E-state index < -0.39 is 5.97 Å². The number of thioether (sulfide) groups is 1. The van der Waals surface area contributed by atoms with Gasteiger partial charge in [-0.3, -0.25) is 9.59 Å². The lowest BCUT2D eigenvalue weighted by Gasteiger charge is -2.15. The summed E-state index contributed by atoms with van der Waals surface area (Å²) >= 11 is 2.77. The molecule has 1 aromatic rings. The van der Waals surface area contributed by atoms with Crippen molar-refractivity contribution < 1.29 is 14.7 Å². The van der Waals surface area contributed by atoms with Gasteiger partial charge in [0.15, 0.2) is 4.34 Å². The van der Waals surface area contributed by atoms with Gasteiger partial charge in [0.1, 0.15) is 0 Å². The van der Waals surface area contributed by atoms with E-state index in [1.54, 1.807) is 5.38 Å². The lowest BCUT2D eigenvalue weighted by molar-refractivity contribution is -0.136. The first-order valence-corrected chi connectivity index (χ1v) is 8.44. The van der Waals surface area contributed by atoms with E-state index in [0.717, 1.165) is 17.2 Å². The summed E-state index contributed by atoms with van der Waals surface area (Å²) in [6, 6.07) is 0.324. The van der Waals surface area contributed by atoms with Gasteiger partial charge in [-0.05, 0) is 19.8 Å². The van der Waals surface area contributed by atoms with Crippen LogP contribution in [0.1, 0.15) is 38.3 Å². The zero-order valence-electron chi connectivity index (χ0n) is 11.3. The van der Waals surface area contributed by atoms with Crippen LogP contribution >= 0.6 is 23.1 Å². The quantitative estimate of drug-likeness (QED) is 0.788. The van der Waals surface area contributed by atoms with E-state index in [1.165, 1.54) is 35.9 Å². The number of aliphatic carboxylic acids is 1. The van der Waals surface area contributed by atoms with Crippen LogP contribution < -0.4 is 5.32 Å². The van der Waals surface area contributed by atoms with Crippen LogP contribution in [0.3, 0.4) is 0 Å². The van der Waals surface area contributed by atoms with E-state index in [0.29, 0.717) is 11.7 Å². The van der Waals surface area contributed by atoms with Crippen LogP contribution in [0.15, 0.2) is 9.72 Å². The molecule has 5 nitrogen and oxygen atoms in total. The molecular formula is C13H18N2O3S2. The molecule has 2 N–H and O–H groups in total. The molecule has 1 aliphatic carbocycles. The monoisotopic (exact) mass is 314 g/mol. The van der Waals surface area contributed by atoms with Gasteiger partial charge < -0.3 is 10.4 Å². The second-order valence-corrected chi connectivity index (χ2v) is 7.37. The summed E-state index contributed by atoms with van der Waals surface area (Å²) in [5, 5.41) is 13.3. The molecule has 1 aliphatic rings. The molecule has 1 atom stereocenters. The van der Waals surface area contributed by atoms with Crippen molar-refractivity contribution in [3.63, 3.8) is 0 Å². The number of hydrogen-bond acceptors (Lipinski definition) is 5. The van der Waals surface area contributed by atoms with E-state index in [2.05, 4.69) is 10.3 Å². The summed E-state index contributed by atoms with van der Waals surface area (Å²) in [7, 11) is 0. The number of hydrogen-bond donors (Lipinski definition) is 2. The van der Waals surface area contributed by atoms with Gasteiger partial charge in [0.25, 0.3) is 0 Å². The molecule has 0 aromatic carbocycles. The van der Waals surface area contributed by atoms with Crippen molar-refractivity contribution in [1.82, 2.24) is 10.3 Å². The molecule has 0 saturated heterocycles. The zero-order valence-corrected chi connectivity index (χ0v) is 12.9. The molecule has 0 spiro atoms. The maximum atomic E-state index is 12.0. The van der Waals surface area contributed by atoms with Crippen LogP contribution in [0, 0.1) is 0 Å². The molecule has 1 heterocycles. The number of carboxylic acid groups (broad SMARTS) is 1. The summed E-state index contributed by atoms with van der Waals surface area (Å²) in [5.74, 6) is -0.851. The predicted molar refractivity (Wildman–Crippen MR) is 79.2 cm³/mol. The summed E-state index contributed by atoms with van der Waals surface area (Å²) in [6.07, 6.45) is 4.46. The molecule has 1 saturated carbocycles. The molecule has 0 bridgehead atoms. The van der Waals surface area contributed by atoms with E-state index in [1.807, 2.05) is 6.92 Å². The standard InChI is InChI=1S/C13H18N2O3S2/c1-8(12(18)14-9-4-2-3-5-9)20-13-15-10(7-19-13)6-11(16)17/h7-9H,2-6H2,1H3,(H,14,18)(H,16,17). The van der Waals surface area contributed by atoms with Crippen molar-refractivity contribution in [2.24, 2.45) is 0 Å². The van der Waals surface area contributed by atoms with Gasteiger partial charge in [0, 0.05) is 11.4 Å². The topological polar surface area (TPSA) is 79.3 Å². The molecule has 110 valence electrons. The summed E-state index contributed by atoms with van der Waals surface area (Å²) in [6.45, 7) is 1.85. The number of nitrogens with one attached hydrogen (secondary N) is 1. The minimum Gasteiger partial charge on any atom is -0.481 e. The maximum Gasteiger partial charge on any atom is 0.309 e. The van der Waals surface area contributed by atoms with Gasteiger partial charge in [-0.1, -0.05) is 24.6 Å². The fourth-order valence-electron chi connectivity index (χ4n) is 2.17. The highest BCUT2D eigenvalue weighted by Gasteiger charge is 2.22. The number of amides is 1. The highest BCUT2D eigenvalue weighted by molar-refractivity contribution is 8.02. The molecule has 1 unspecified atom stereocenters. The summed E-state index contributed by atoms with van der Waals surface area (Å²) < 4.78 is 0.746. The Bertz CT molecular complexity index is 484. The molecule has 2 rings (SSSR count). The van der Waals surface area contributed by atoms with Gasteiger partial charge in [0.2, 0.25) is 5.91 Å². The number of carboxylic acids is 1. The Balaban J connectivity index is 1.83. The van der Waals surface area contributed by atoms with Gasteiger partial charge in [0.05, 0.1) is 17.4 Å². The van der Waals surface area contributed by atoms with Crippen LogP contribution in [-0.4, -0.2) is 33.3 Å². The van der Waals surface area contributed by atoms with Crippen LogP contribution in [-0.2, 0) is 16.0 Å². The lowest BCUT2D eigenvalue weighted by Crippen LogP contribution is -2.37. The minimum atomic E-state index is -0.890. The first-order valence-electron chi connectivity index (χ1n) is 6.68. The Kier molecular flexibility index (Phi) is 5.42. The number of carbonyl (C=O) groups excluding carboxylic acids is 1. The van der Waals surface area contributed by atoms with Gasteiger partial charge in [-0.25, -0.2) is 4.98 Å². The van der Waals surface area contributed by atoms with E-state index in [4.69, 9.17) is 5.11 Å². The Morgan fingerprint density at radius 2 is 2.25 bits per heavy atom. The Morgan fingerprint density at radius 3 is 2.90 bits per heavy atom. The molecule has 1 amide bonds. The predicted octanol–water partition coefficient (Wildman–Crippen LogP) is 2.31. The number of rotatable bonds is 6. The number of aromatic nitrogens is 1. The molecule has 1 aromatic heterocycles. The highest BCUT2D eigenvalue weighted by atomic mass is 32.2. The zero-order chi connectivity index (χ0) is 14.5. The van der Waals surface area contributed by atoms with E-state index in [-0.39, 0.29) is 17.6 Å². The largest absolute Gasteiger partial charge is 0.481 e. The van der Waals surface area contributed by atoms with Crippen molar-refractivity contribution in [2.45, 2.75) is 54.7 Å². The fraction of sp³-hybridized carbons (Fsp3) is 0.615. The number of thiazole rings is 1.